The van der Waals surface area contributed by atoms with Crippen LogP contribution in [-0.2, 0) is 4.79 Å². The van der Waals surface area contributed by atoms with Crippen molar-refractivity contribution in [2.45, 2.75) is 39.3 Å². The molecule has 0 fully saturated rings. The largest absolute Gasteiger partial charge is 0.353 e. The van der Waals surface area contributed by atoms with Crippen molar-refractivity contribution in [3.63, 3.8) is 0 Å². The third kappa shape index (κ3) is 7.33. The maximum Gasteiger partial charge on any atom is 0.234 e. The number of rotatable bonds is 7. The van der Waals surface area contributed by atoms with Crippen LogP contribution < -0.4 is 10.6 Å². The van der Waals surface area contributed by atoms with Crippen molar-refractivity contribution in [2.75, 3.05) is 27.2 Å². The normalized spacial score (nSPS) is 15.1. The summed E-state index contributed by atoms with van der Waals surface area (Å²) in [5.41, 5.74) is 0. The zero-order valence-corrected chi connectivity index (χ0v) is 10.6. The summed E-state index contributed by atoms with van der Waals surface area (Å²) in [6.45, 7) is 7.44. The second kappa shape index (κ2) is 7.65. The highest BCUT2D eigenvalue weighted by atomic mass is 16.1. The molecule has 2 atom stereocenters. The van der Waals surface area contributed by atoms with Crippen LogP contribution in [0.5, 0.6) is 0 Å². The highest BCUT2D eigenvalue weighted by molar-refractivity contribution is 5.78. The minimum atomic E-state index is 0.0790. The molecular weight excluding hydrogens is 190 g/mol. The minimum Gasteiger partial charge on any atom is -0.353 e. The van der Waals surface area contributed by atoms with E-state index < -0.39 is 0 Å². The Morgan fingerprint density at radius 1 is 1.33 bits per heavy atom. The molecule has 4 nitrogen and oxygen atoms in total. The Kier molecular flexibility index (Phi) is 7.34. The highest BCUT2D eigenvalue weighted by Crippen LogP contribution is 1.89. The first kappa shape index (κ1) is 14.4. The summed E-state index contributed by atoms with van der Waals surface area (Å²) >= 11 is 0. The molecule has 0 aromatic carbocycles. The molecule has 90 valence electrons. The summed E-state index contributed by atoms with van der Waals surface area (Å²) in [5.74, 6) is 0.0790. The van der Waals surface area contributed by atoms with Crippen LogP contribution in [0.1, 0.15) is 27.2 Å². The Hall–Kier alpha value is -0.610. The van der Waals surface area contributed by atoms with E-state index in [0.717, 1.165) is 13.0 Å². The van der Waals surface area contributed by atoms with Crippen molar-refractivity contribution >= 4 is 5.91 Å². The van der Waals surface area contributed by atoms with Gasteiger partial charge in [0.05, 0.1) is 6.54 Å². The van der Waals surface area contributed by atoms with Crippen LogP contribution in [0.15, 0.2) is 0 Å². The van der Waals surface area contributed by atoms with E-state index in [0.29, 0.717) is 12.6 Å². The quantitative estimate of drug-likeness (QED) is 0.648. The van der Waals surface area contributed by atoms with Gasteiger partial charge in [0.15, 0.2) is 0 Å². The predicted octanol–water partition coefficient (Wildman–Crippen LogP) is 0.441. The molecule has 2 N–H and O–H groups in total. The zero-order valence-electron chi connectivity index (χ0n) is 10.6. The fourth-order valence-electron chi connectivity index (χ4n) is 1.01. The van der Waals surface area contributed by atoms with Gasteiger partial charge < -0.3 is 15.5 Å². The number of amides is 1. The smallest absolute Gasteiger partial charge is 0.234 e. The second-order valence-electron chi connectivity index (χ2n) is 4.32. The number of carbonyl (C=O) groups is 1. The monoisotopic (exact) mass is 215 g/mol. The van der Waals surface area contributed by atoms with Gasteiger partial charge >= 0.3 is 0 Å². The molecule has 0 heterocycles. The van der Waals surface area contributed by atoms with Crippen LogP contribution in [-0.4, -0.2) is 50.1 Å². The molecule has 0 rings (SSSR count). The number of nitrogens with zero attached hydrogens (tertiary/aromatic N) is 1. The molecular formula is C11H25N3O. The molecule has 0 aliphatic carbocycles. The fourth-order valence-corrected chi connectivity index (χ4v) is 1.01. The zero-order chi connectivity index (χ0) is 11.8. The molecule has 15 heavy (non-hydrogen) atoms. The van der Waals surface area contributed by atoms with Gasteiger partial charge in [-0.3, -0.25) is 4.79 Å². The van der Waals surface area contributed by atoms with Crippen molar-refractivity contribution in [3.8, 4) is 0 Å². The minimum absolute atomic E-state index is 0.0790. The molecule has 0 aromatic heterocycles. The van der Waals surface area contributed by atoms with E-state index >= 15 is 0 Å². The maximum absolute atomic E-state index is 11.4. The lowest BCUT2D eigenvalue weighted by Gasteiger charge is -2.20. The molecule has 0 bridgehead atoms. The summed E-state index contributed by atoms with van der Waals surface area (Å²) in [6.07, 6.45) is 0.972. The van der Waals surface area contributed by atoms with Gasteiger partial charge in [0.2, 0.25) is 5.91 Å². The van der Waals surface area contributed by atoms with Crippen LogP contribution in [0.25, 0.3) is 0 Å². The SMILES string of the molecule is CCC(C)NC(=O)CNCC(C)N(C)C. The third-order valence-electron chi connectivity index (χ3n) is 2.63. The first-order chi connectivity index (χ1) is 6.97. The maximum atomic E-state index is 11.4. The molecule has 0 aromatic rings. The first-order valence-electron chi connectivity index (χ1n) is 5.63. The van der Waals surface area contributed by atoms with Gasteiger partial charge in [0.25, 0.3) is 0 Å². The number of hydrogen-bond acceptors (Lipinski definition) is 3. The van der Waals surface area contributed by atoms with Crippen LogP contribution >= 0.6 is 0 Å². The van der Waals surface area contributed by atoms with Crippen molar-refractivity contribution in [1.29, 1.82) is 0 Å². The third-order valence-corrected chi connectivity index (χ3v) is 2.63. The Morgan fingerprint density at radius 2 is 1.93 bits per heavy atom. The summed E-state index contributed by atoms with van der Waals surface area (Å²) in [4.78, 5) is 13.5. The average molecular weight is 215 g/mol. The van der Waals surface area contributed by atoms with Crippen LogP contribution in [0, 0.1) is 0 Å². The van der Waals surface area contributed by atoms with E-state index in [1.807, 2.05) is 21.0 Å². The fraction of sp³-hybridized carbons (Fsp3) is 0.909. The Morgan fingerprint density at radius 3 is 2.40 bits per heavy atom. The van der Waals surface area contributed by atoms with Crippen LogP contribution in [0.3, 0.4) is 0 Å². The van der Waals surface area contributed by atoms with Crippen molar-refractivity contribution < 1.29 is 4.79 Å². The van der Waals surface area contributed by atoms with Gasteiger partial charge in [-0.2, -0.15) is 0 Å². The van der Waals surface area contributed by atoms with Crippen molar-refractivity contribution in [3.05, 3.63) is 0 Å². The number of carbonyl (C=O) groups excluding carboxylic acids is 1. The Balaban J connectivity index is 3.55. The van der Waals surface area contributed by atoms with Crippen molar-refractivity contribution in [1.82, 2.24) is 15.5 Å². The first-order valence-corrected chi connectivity index (χ1v) is 5.63. The molecule has 0 radical (unpaired) electrons. The summed E-state index contributed by atoms with van der Waals surface area (Å²) in [6, 6.07) is 0.715. The molecule has 2 unspecified atom stereocenters. The lowest BCUT2D eigenvalue weighted by atomic mass is 10.2. The second-order valence-corrected chi connectivity index (χ2v) is 4.32. The molecule has 0 aliphatic rings. The van der Waals surface area contributed by atoms with Gasteiger partial charge in [-0.25, -0.2) is 0 Å². The Bertz CT molecular complexity index is 183. The van der Waals surface area contributed by atoms with Crippen LogP contribution in [0.2, 0.25) is 0 Å². The molecule has 1 amide bonds. The standard InChI is InChI=1S/C11H25N3O/c1-6-9(2)13-11(15)8-12-7-10(3)14(4)5/h9-10,12H,6-8H2,1-5H3,(H,13,15). The van der Waals surface area contributed by atoms with Crippen molar-refractivity contribution in [2.24, 2.45) is 0 Å². The molecule has 0 saturated carbocycles. The lowest BCUT2D eigenvalue weighted by molar-refractivity contribution is -0.120. The van der Waals surface area contributed by atoms with Gasteiger partial charge in [-0.1, -0.05) is 6.92 Å². The summed E-state index contributed by atoms with van der Waals surface area (Å²) in [7, 11) is 4.07. The molecule has 4 heteroatoms. The van der Waals surface area contributed by atoms with E-state index in [9.17, 15) is 4.79 Å². The average Bonchev–Trinajstić information content (AvgIpc) is 2.17. The van der Waals surface area contributed by atoms with E-state index in [-0.39, 0.29) is 11.9 Å². The van der Waals surface area contributed by atoms with E-state index in [4.69, 9.17) is 0 Å². The summed E-state index contributed by atoms with van der Waals surface area (Å²) < 4.78 is 0. The summed E-state index contributed by atoms with van der Waals surface area (Å²) in [5, 5.41) is 6.06. The molecule has 0 aliphatic heterocycles. The Labute approximate surface area is 93.4 Å². The number of nitrogens with one attached hydrogen (secondary N) is 2. The van der Waals surface area contributed by atoms with E-state index in [1.54, 1.807) is 0 Å². The number of likely N-dealkylation sites (N-methyl/N-ethyl adjacent to an activating group) is 1. The number of hydrogen-bond donors (Lipinski definition) is 2. The van der Waals surface area contributed by atoms with Gasteiger partial charge in [-0.15, -0.1) is 0 Å². The van der Waals surface area contributed by atoms with Crippen LogP contribution in [0.4, 0.5) is 0 Å². The lowest BCUT2D eigenvalue weighted by Crippen LogP contribution is -2.42. The van der Waals surface area contributed by atoms with E-state index in [1.165, 1.54) is 0 Å². The van der Waals surface area contributed by atoms with Gasteiger partial charge in [0, 0.05) is 18.6 Å². The van der Waals surface area contributed by atoms with Gasteiger partial charge in [0.1, 0.15) is 0 Å². The molecule has 0 spiro atoms. The molecule has 0 saturated heterocycles. The predicted molar refractivity (Wildman–Crippen MR) is 63.9 cm³/mol. The topological polar surface area (TPSA) is 44.4 Å². The highest BCUT2D eigenvalue weighted by Gasteiger charge is 2.07. The van der Waals surface area contributed by atoms with E-state index in [2.05, 4.69) is 29.4 Å². The van der Waals surface area contributed by atoms with Gasteiger partial charge in [-0.05, 0) is 34.4 Å².